The van der Waals surface area contributed by atoms with Crippen LogP contribution in [0.25, 0.3) is 88.7 Å². The normalized spacial score (nSPS) is 12.9. The van der Waals surface area contributed by atoms with Crippen LogP contribution >= 0.6 is 0 Å². The highest BCUT2D eigenvalue weighted by Crippen LogP contribution is 2.39. The lowest BCUT2D eigenvalue weighted by Crippen LogP contribution is -2.50. The van der Waals surface area contributed by atoms with Gasteiger partial charge in [0, 0.05) is 22.0 Å². The van der Waals surface area contributed by atoms with Gasteiger partial charge in [-0.25, -0.2) is 9.97 Å². The van der Waals surface area contributed by atoms with Gasteiger partial charge in [0.05, 0.1) is 5.69 Å². The molecule has 0 fully saturated rings. The van der Waals surface area contributed by atoms with E-state index in [1.165, 1.54) is 71.0 Å². The van der Waals surface area contributed by atoms with Crippen LogP contribution in [-0.2, 0) is 0 Å². The van der Waals surface area contributed by atoms with Crippen molar-refractivity contribution in [3.8, 4) is 67.2 Å². The zero-order chi connectivity index (χ0) is 35.5. The van der Waals surface area contributed by atoms with E-state index in [0.29, 0.717) is 0 Å². The molecule has 0 aliphatic carbocycles. The predicted molar refractivity (Wildman–Crippen MR) is 226 cm³/mol. The van der Waals surface area contributed by atoms with E-state index in [0.717, 1.165) is 28.2 Å². The van der Waals surface area contributed by atoms with E-state index < -0.39 is 8.07 Å². The number of nitrogens with zero attached hydrogens (tertiary/aromatic N) is 2. The summed E-state index contributed by atoms with van der Waals surface area (Å²) in [7, 11) is -2.10. The molecule has 0 atom stereocenters. The molecule has 0 unspecified atom stereocenters. The topological polar surface area (TPSA) is 25.8 Å². The minimum absolute atomic E-state index is 0.774. The van der Waals surface area contributed by atoms with E-state index >= 15 is 0 Å². The van der Waals surface area contributed by atoms with Crippen molar-refractivity contribution < 1.29 is 0 Å². The molecule has 53 heavy (non-hydrogen) atoms. The highest BCUT2D eigenvalue weighted by atomic mass is 28.3. The van der Waals surface area contributed by atoms with Crippen molar-refractivity contribution in [2.75, 3.05) is 0 Å². The van der Waals surface area contributed by atoms with Gasteiger partial charge in [-0.3, -0.25) is 0 Å². The molecule has 0 bridgehead atoms. The molecule has 0 amide bonds. The number of aromatic nitrogens is 2. The fraction of sp³-hybridized carbons (Fsp3) is 0.0400. The summed E-state index contributed by atoms with van der Waals surface area (Å²) in [5.41, 5.74) is 12.7. The molecule has 0 spiro atoms. The average molecular weight is 693 g/mol. The van der Waals surface area contributed by atoms with Gasteiger partial charge in [-0.05, 0) is 89.9 Å². The third-order valence-electron chi connectivity index (χ3n) is 11.0. The quantitative estimate of drug-likeness (QED) is 0.133. The molecule has 3 heteroatoms. The number of benzene rings is 8. The van der Waals surface area contributed by atoms with E-state index in [9.17, 15) is 0 Å². The highest BCUT2D eigenvalue weighted by Gasteiger charge is 2.41. The van der Waals surface area contributed by atoms with Crippen molar-refractivity contribution in [2.45, 2.75) is 13.1 Å². The molecule has 0 saturated heterocycles. The monoisotopic (exact) mass is 692 g/mol. The second kappa shape index (κ2) is 12.4. The lowest BCUT2D eigenvalue weighted by Gasteiger charge is -2.19. The molecule has 0 radical (unpaired) electrons. The molecule has 9 aromatic rings. The van der Waals surface area contributed by atoms with Crippen molar-refractivity contribution in [3.63, 3.8) is 0 Å². The van der Waals surface area contributed by atoms with Crippen molar-refractivity contribution in [1.82, 2.24) is 9.97 Å². The second-order valence-electron chi connectivity index (χ2n) is 14.6. The molecular weight excluding hydrogens is 657 g/mol. The van der Waals surface area contributed by atoms with Gasteiger partial charge in [-0.2, -0.15) is 0 Å². The number of rotatable bonds is 5. The maximum Gasteiger partial charge on any atom is 0.159 e. The fourth-order valence-electron chi connectivity index (χ4n) is 8.35. The van der Waals surface area contributed by atoms with Crippen molar-refractivity contribution in [3.05, 3.63) is 182 Å². The van der Waals surface area contributed by atoms with Gasteiger partial charge in [0.2, 0.25) is 0 Å². The minimum atomic E-state index is -2.10. The zero-order valence-corrected chi connectivity index (χ0v) is 30.7. The summed E-state index contributed by atoms with van der Waals surface area (Å²) in [6, 6.07) is 65.8. The van der Waals surface area contributed by atoms with Crippen LogP contribution in [0.1, 0.15) is 0 Å². The summed E-state index contributed by atoms with van der Waals surface area (Å²) in [6.07, 6.45) is 0. The van der Waals surface area contributed by atoms with Crippen LogP contribution in [0.5, 0.6) is 0 Å². The first-order valence-corrected chi connectivity index (χ1v) is 21.3. The summed E-state index contributed by atoms with van der Waals surface area (Å²) in [4.78, 5) is 10.9. The smallest absolute Gasteiger partial charge is 0.159 e. The zero-order valence-electron chi connectivity index (χ0n) is 29.7. The molecule has 0 N–H and O–H groups in total. The highest BCUT2D eigenvalue weighted by molar-refractivity contribution is 7.03. The Morgan fingerprint density at radius 2 is 0.925 bits per heavy atom. The molecule has 0 saturated carbocycles. The van der Waals surface area contributed by atoms with Gasteiger partial charge in [-0.1, -0.05) is 171 Å². The van der Waals surface area contributed by atoms with Crippen LogP contribution in [0.3, 0.4) is 0 Å². The second-order valence-corrected chi connectivity index (χ2v) is 18.9. The van der Waals surface area contributed by atoms with Crippen LogP contribution in [-0.4, -0.2) is 18.0 Å². The molecule has 1 aromatic heterocycles. The van der Waals surface area contributed by atoms with Crippen molar-refractivity contribution in [1.29, 1.82) is 0 Å². The lowest BCUT2D eigenvalue weighted by atomic mass is 9.91. The Bertz CT molecular complexity index is 2870. The average Bonchev–Trinajstić information content (AvgIpc) is 3.46. The third kappa shape index (κ3) is 5.24. The first-order chi connectivity index (χ1) is 26.0. The largest absolute Gasteiger partial charge is 0.237 e. The first kappa shape index (κ1) is 31.3. The Balaban J connectivity index is 1.12. The minimum Gasteiger partial charge on any atom is -0.237 e. The number of hydrogen-bond acceptors (Lipinski definition) is 2. The summed E-state index contributed by atoms with van der Waals surface area (Å²) < 4.78 is 0. The Hall–Kier alpha value is -6.42. The maximum atomic E-state index is 5.47. The molecule has 2 nitrogen and oxygen atoms in total. The van der Waals surface area contributed by atoms with E-state index in [1.54, 1.807) is 0 Å². The molecule has 10 rings (SSSR count). The van der Waals surface area contributed by atoms with Crippen LogP contribution in [0.15, 0.2) is 182 Å². The molecule has 250 valence electrons. The molecular formula is C50H36N2Si. The van der Waals surface area contributed by atoms with E-state index in [2.05, 4.69) is 195 Å². The van der Waals surface area contributed by atoms with Gasteiger partial charge in [0.25, 0.3) is 0 Å². The van der Waals surface area contributed by atoms with Crippen LogP contribution in [0.4, 0.5) is 0 Å². The van der Waals surface area contributed by atoms with Gasteiger partial charge >= 0.3 is 0 Å². The van der Waals surface area contributed by atoms with Crippen LogP contribution < -0.4 is 10.5 Å². The number of hydrogen-bond donors (Lipinski definition) is 0. The van der Waals surface area contributed by atoms with Gasteiger partial charge < -0.3 is 0 Å². The Morgan fingerprint density at radius 3 is 1.72 bits per heavy atom. The molecule has 1 aliphatic rings. The standard InChI is InChI=1S/C50H36N2Si/c1-53(2)46-28-11-10-27-44(46)47-48(39-22-13-18-34(30-39)33-15-4-3-5-16-33)51-49(52-50(47)53)40-23-14-20-36(31-40)35-19-12-21-37(29-35)45-32-38-17-6-7-24-41(38)42-25-8-9-26-43(42)45/h3-32H,1-2H3. The molecule has 1 aliphatic heterocycles. The Kier molecular flexibility index (Phi) is 7.31. The van der Waals surface area contributed by atoms with E-state index in [-0.39, 0.29) is 0 Å². The lowest BCUT2D eigenvalue weighted by molar-refractivity contribution is 1.21. The van der Waals surface area contributed by atoms with Crippen LogP contribution in [0.2, 0.25) is 13.1 Å². The molecule has 2 heterocycles. The van der Waals surface area contributed by atoms with E-state index in [1.807, 2.05) is 0 Å². The molecule has 8 aromatic carbocycles. The van der Waals surface area contributed by atoms with Crippen LogP contribution in [0, 0.1) is 0 Å². The third-order valence-corrected chi connectivity index (χ3v) is 14.3. The summed E-state index contributed by atoms with van der Waals surface area (Å²) in [5, 5.41) is 7.71. The SMILES string of the molecule is C[Si]1(C)c2ccccc2-c2c(-c3cccc(-c4ccccc4)c3)nc(-c3cccc(-c4cccc(-c5cc6ccccc6c6ccccc56)c4)c3)nc21. The summed E-state index contributed by atoms with van der Waals surface area (Å²) >= 11 is 0. The van der Waals surface area contributed by atoms with Crippen molar-refractivity contribution in [2.24, 2.45) is 0 Å². The Morgan fingerprint density at radius 1 is 0.377 bits per heavy atom. The first-order valence-electron chi connectivity index (χ1n) is 18.3. The maximum absolute atomic E-state index is 5.47. The summed E-state index contributed by atoms with van der Waals surface area (Å²) in [5.74, 6) is 0.774. The van der Waals surface area contributed by atoms with Gasteiger partial charge in [0.1, 0.15) is 8.07 Å². The number of fused-ring (bicyclic) bond motifs is 6. The summed E-state index contributed by atoms with van der Waals surface area (Å²) in [6.45, 7) is 4.86. The van der Waals surface area contributed by atoms with E-state index in [4.69, 9.17) is 9.97 Å². The van der Waals surface area contributed by atoms with Crippen molar-refractivity contribution >= 4 is 40.1 Å². The Labute approximate surface area is 311 Å². The predicted octanol–water partition coefficient (Wildman–Crippen LogP) is 11.9. The fourth-order valence-corrected chi connectivity index (χ4v) is 11.3. The van der Waals surface area contributed by atoms with Gasteiger partial charge in [0.15, 0.2) is 5.82 Å². The van der Waals surface area contributed by atoms with Gasteiger partial charge in [-0.15, -0.1) is 0 Å².